The quantitative estimate of drug-likeness (QED) is 0.888. The number of hydrogen-bond donors (Lipinski definition) is 1. The molecule has 2 aromatic rings. The number of ether oxygens (including phenoxy) is 2. The highest BCUT2D eigenvalue weighted by Crippen LogP contribution is 2.29. The maximum Gasteiger partial charge on any atom is 0.358 e. The van der Waals surface area contributed by atoms with Gasteiger partial charge in [0.1, 0.15) is 0 Å². The van der Waals surface area contributed by atoms with Crippen molar-refractivity contribution in [2.45, 2.75) is 0 Å². The molecule has 0 aliphatic heterocycles. The van der Waals surface area contributed by atoms with Crippen LogP contribution in [0, 0.1) is 0 Å². The van der Waals surface area contributed by atoms with E-state index in [1.165, 1.54) is 25.6 Å². The second-order valence-electron chi connectivity index (χ2n) is 3.27. The first kappa shape index (κ1) is 11.8. The Bertz CT molecular complexity index is 572. The maximum atomic E-state index is 11.0. The van der Waals surface area contributed by atoms with Crippen molar-refractivity contribution in [3.8, 4) is 17.4 Å². The van der Waals surface area contributed by atoms with Crippen LogP contribution in [0.1, 0.15) is 10.5 Å². The van der Waals surface area contributed by atoms with Crippen LogP contribution in [0.15, 0.2) is 36.7 Å². The van der Waals surface area contributed by atoms with Crippen LogP contribution in [0.25, 0.3) is 0 Å². The number of hydrogen-bond acceptors (Lipinski definition) is 5. The van der Waals surface area contributed by atoms with E-state index >= 15 is 0 Å². The summed E-state index contributed by atoms with van der Waals surface area (Å²) in [7, 11) is 1.48. The normalized spacial score (nSPS) is 9.83. The van der Waals surface area contributed by atoms with Crippen molar-refractivity contribution in [1.29, 1.82) is 0 Å². The standard InChI is InChI=1S/C12H10N2O4/c1-17-9-5-3-7-14-11(9)18-8-4-2-6-13-10(8)12(15)16/h2-7H,1H3,(H,15,16). The molecule has 2 aromatic heterocycles. The number of rotatable bonds is 4. The largest absolute Gasteiger partial charge is 0.491 e. The third-order valence-corrected chi connectivity index (χ3v) is 2.14. The van der Waals surface area contributed by atoms with Crippen molar-refractivity contribution in [2.75, 3.05) is 7.11 Å². The number of carbonyl (C=O) groups is 1. The zero-order valence-electron chi connectivity index (χ0n) is 9.53. The molecule has 18 heavy (non-hydrogen) atoms. The van der Waals surface area contributed by atoms with Gasteiger partial charge in [-0.05, 0) is 24.3 Å². The summed E-state index contributed by atoms with van der Waals surface area (Å²) >= 11 is 0. The Kier molecular flexibility index (Phi) is 3.38. The molecular weight excluding hydrogens is 236 g/mol. The number of nitrogens with zero attached hydrogens (tertiary/aromatic N) is 2. The molecule has 0 saturated carbocycles. The lowest BCUT2D eigenvalue weighted by Crippen LogP contribution is -2.03. The van der Waals surface area contributed by atoms with E-state index in [4.69, 9.17) is 14.6 Å². The molecule has 0 bridgehead atoms. The van der Waals surface area contributed by atoms with Gasteiger partial charge in [0.2, 0.25) is 0 Å². The Morgan fingerprint density at radius 3 is 2.50 bits per heavy atom. The second kappa shape index (κ2) is 5.13. The molecule has 0 aromatic carbocycles. The highest BCUT2D eigenvalue weighted by molar-refractivity contribution is 5.88. The SMILES string of the molecule is COc1cccnc1Oc1cccnc1C(=O)O. The van der Waals surface area contributed by atoms with Crippen LogP contribution < -0.4 is 9.47 Å². The third kappa shape index (κ3) is 2.37. The molecule has 0 amide bonds. The van der Waals surface area contributed by atoms with Crippen LogP contribution >= 0.6 is 0 Å². The average Bonchev–Trinajstić information content (AvgIpc) is 2.40. The van der Waals surface area contributed by atoms with Crippen molar-refractivity contribution in [3.63, 3.8) is 0 Å². The molecule has 6 nitrogen and oxygen atoms in total. The number of aromatic nitrogens is 2. The molecule has 0 saturated heterocycles. The summed E-state index contributed by atoms with van der Waals surface area (Å²) in [6.07, 6.45) is 2.90. The summed E-state index contributed by atoms with van der Waals surface area (Å²) in [4.78, 5) is 18.7. The minimum atomic E-state index is -1.17. The minimum Gasteiger partial charge on any atom is -0.491 e. The van der Waals surface area contributed by atoms with Crippen LogP contribution in [-0.2, 0) is 0 Å². The maximum absolute atomic E-state index is 11.0. The van der Waals surface area contributed by atoms with Gasteiger partial charge < -0.3 is 14.6 Å². The molecule has 0 aliphatic rings. The van der Waals surface area contributed by atoms with Gasteiger partial charge in [-0.15, -0.1) is 0 Å². The minimum absolute atomic E-state index is 0.113. The fourth-order valence-electron chi connectivity index (χ4n) is 1.35. The number of pyridine rings is 2. The smallest absolute Gasteiger partial charge is 0.358 e. The van der Waals surface area contributed by atoms with E-state index in [0.29, 0.717) is 5.75 Å². The summed E-state index contributed by atoms with van der Waals surface area (Å²) in [6, 6.07) is 6.44. The summed E-state index contributed by atoms with van der Waals surface area (Å²) in [5.41, 5.74) is -0.176. The molecule has 2 rings (SSSR count). The highest BCUT2D eigenvalue weighted by Gasteiger charge is 2.15. The van der Waals surface area contributed by atoms with Gasteiger partial charge in [-0.1, -0.05) is 0 Å². The van der Waals surface area contributed by atoms with Crippen LogP contribution in [0.5, 0.6) is 17.4 Å². The second-order valence-corrected chi connectivity index (χ2v) is 3.27. The third-order valence-electron chi connectivity index (χ3n) is 2.14. The summed E-state index contributed by atoms with van der Waals surface area (Å²) in [6.45, 7) is 0. The van der Waals surface area contributed by atoms with E-state index in [9.17, 15) is 4.79 Å². The lowest BCUT2D eigenvalue weighted by atomic mass is 10.3. The predicted molar refractivity (Wildman–Crippen MR) is 62.1 cm³/mol. The fourth-order valence-corrected chi connectivity index (χ4v) is 1.35. The van der Waals surface area contributed by atoms with E-state index in [2.05, 4.69) is 9.97 Å². The molecule has 0 aliphatic carbocycles. The Balaban J connectivity index is 2.37. The summed E-state index contributed by atoms with van der Waals surface area (Å²) < 4.78 is 10.5. The first-order chi connectivity index (χ1) is 8.72. The molecule has 1 N–H and O–H groups in total. The van der Waals surface area contributed by atoms with Crippen molar-refractivity contribution < 1.29 is 19.4 Å². The number of carboxylic acids is 1. The molecule has 0 radical (unpaired) electrons. The molecule has 0 unspecified atom stereocenters. The Morgan fingerprint density at radius 1 is 1.17 bits per heavy atom. The van der Waals surface area contributed by atoms with Crippen LogP contribution in [0.2, 0.25) is 0 Å². The van der Waals surface area contributed by atoms with E-state index in [0.717, 1.165) is 0 Å². The molecule has 6 heteroatoms. The van der Waals surface area contributed by atoms with Crippen LogP contribution in [0.4, 0.5) is 0 Å². The Hall–Kier alpha value is -2.63. The van der Waals surface area contributed by atoms with Gasteiger partial charge in [-0.3, -0.25) is 0 Å². The summed E-state index contributed by atoms with van der Waals surface area (Å²) in [5.74, 6) is -0.448. The van der Waals surface area contributed by atoms with Crippen molar-refractivity contribution in [2.24, 2.45) is 0 Å². The van der Waals surface area contributed by atoms with Gasteiger partial charge >= 0.3 is 5.97 Å². The fraction of sp³-hybridized carbons (Fsp3) is 0.0833. The number of methoxy groups -OCH3 is 1. The van der Waals surface area contributed by atoms with E-state index in [1.807, 2.05) is 0 Å². The first-order valence-electron chi connectivity index (χ1n) is 5.07. The lowest BCUT2D eigenvalue weighted by Gasteiger charge is -2.09. The molecule has 0 spiro atoms. The molecule has 0 atom stereocenters. The Labute approximate surface area is 103 Å². The molecular formula is C12H10N2O4. The van der Waals surface area contributed by atoms with Crippen LogP contribution in [0.3, 0.4) is 0 Å². The van der Waals surface area contributed by atoms with Crippen molar-refractivity contribution >= 4 is 5.97 Å². The Morgan fingerprint density at radius 2 is 1.83 bits per heavy atom. The van der Waals surface area contributed by atoms with E-state index < -0.39 is 5.97 Å². The van der Waals surface area contributed by atoms with Crippen molar-refractivity contribution in [1.82, 2.24) is 9.97 Å². The topological polar surface area (TPSA) is 81.5 Å². The number of aromatic carboxylic acids is 1. The molecule has 0 fully saturated rings. The summed E-state index contributed by atoms with van der Waals surface area (Å²) in [5, 5.41) is 8.98. The van der Waals surface area contributed by atoms with E-state index in [-0.39, 0.29) is 17.3 Å². The van der Waals surface area contributed by atoms with Crippen LogP contribution in [-0.4, -0.2) is 28.2 Å². The van der Waals surface area contributed by atoms with Gasteiger partial charge in [0.25, 0.3) is 5.88 Å². The van der Waals surface area contributed by atoms with Gasteiger partial charge in [-0.25, -0.2) is 14.8 Å². The monoisotopic (exact) mass is 246 g/mol. The zero-order chi connectivity index (χ0) is 13.0. The highest BCUT2D eigenvalue weighted by atomic mass is 16.5. The van der Waals surface area contributed by atoms with Gasteiger partial charge in [0.15, 0.2) is 17.2 Å². The van der Waals surface area contributed by atoms with Gasteiger partial charge in [-0.2, -0.15) is 0 Å². The first-order valence-corrected chi connectivity index (χ1v) is 5.07. The average molecular weight is 246 g/mol. The number of carboxylic acid groups (broad SMARTS) is 1. The van der Waals surface area contributed by atoms with Gasteiger partial charge in [0.05, 0.1) is 7.11 Å². The lowest BCUT2D eigenvalue weighted by molar-refractivity contribution is 0.0687. The van der Waals surface area contributed by atoms with E-state index in [1.54, 1.807) is 18.2 Å². The van der Waals surface area contributed by atoms with Gasteiger partial charge in [0, 0.05) is 12.4 Å². The predicted octanol–water partition coefficient (Wildman–Crippen LogP) is 1.98. The zero-order valence-corrected chi connectivity index (χ0v) is 9.53. The molecule has 2 heterocycles. The molecule has 92 valence electrons. The van der Waals surface area contributed by atoms with Crippen molar-refractivity contribution in [3.05, 3.63) is 42.4 Å².